The van der Waals surface area contributed by atoms with E-state index >= 15 is 0 Å². The molecule has 546 valence electrons. The van der Waals surface area contributed by atoms with E-state index in [1.807, 2.05) is 0 Å². The predicted octanol–water partition coefficient (Wildman–Crippen LogP) is 18.9. The first kappa shape index (κ1) is 87.1. The molecule has 0 aliphatic carbocycles. The average molecular weight is 1530 g/mol. The van der Waals surface area contributed by atoms with Crippen molar-refractivity contribution in [2.45, 2.75) is 0 Å². The number of hydrogen-bond donors (Lipinski definition) is 1. The van der Waals surface area contributed by atoms with Gasteiger partial charge in [-0.2, -0.15) is 5.26 Å². The third kappa shape index (κ3) is 86.1. The Morgan fingerprint density at radius 3 is 0.202 bits per heavy atom. The van der Waals surface area contributed by atoms with Gasteiger partial charge >= 0.3 is 0 Å². The smallest absolute Gasteiger partial charge is 0.227 e. The van der Waals surface area contributed by atoms with Gasteiger partial charge in [-0.15, -0.1) is 0 Å². The first-order valence-corrected chi connectivity index (χ1v) is 21.7. The Hall–Kier alpha value is -21.9. The Morgan fingerprint density at radius 1 is 0.0917 bits per heavy atom. The fraction of sp³-hybridized carbons (Fsp3) is 0. The molecule has 2 N–H and O–H groups in total. The van der Waals surface area contributed by atoms with E-state index in [9.17, 15) is 0 Å². The maximum absolute atomic E-state index is 8.03. The molecule has 0 spiro atoms. The van der Waals surface area contributed by atoms with Crippen molar-refractivity contribution < 1.29 is 0 Å². The van der Waals surface area contributed by atoms with Gasteiger partial charge in [-0.3, -0.25) is 0 Å². The van der Waals surface area contributed by atoms with Crippen LogP contribution in [0.25, 0.3) is 0 Å². The van der Waals surface area contributed by atoms with Gasteiger partial charge in [-0.1, -0.05) is 5.22 Å². The molecule has 0 rings (SSSR count). The van der Waals surface area contributed by atoms with Crippen LogP contribution in [0, 0.1) is 11.5 Å². The topological polar surface area (TPSA) is 1360 Å². The van der Waals surface area contributed by atoms with Crippen LogP contribution in [0.4, 0.5) is 0 Å². The van der Waals surface area contributed by atoms with Crippen LogP contribution >= 0.6 is 0 Å². The second-order valence-corrected chi connectivity index (χ2v) is 9.62. The van der Waals surface area contributed by atoms with Crippen LogP contribution in [0.15, 0.2) is 554 Å². The molecule has 108 heteroatoms. The SMILES string of the molecule is N#CN=N/N=N/N=N/N=N/N=N/N=N/N=N/N=N/N=N/N=N/N=N/N=N/N=N/N=N/N=N/N=N/N=N/N=N/N=N/N=N/N=N/N=N/N=N/N=N/N=N/N=N/N=N/N=N/N=N/N=N/N=N/N=N/N=N/N=N/N=N/N=N/N=N/N=N/N=N/N=N/N=N/N=N/N=N/N=N/N=N/N=N/N=N/N=N/N=N/N=N/N=N/N=N/N=N/N. The summed E-state index contributed by atoms with van der Waals surface area (Å²) in [5.41, 5.74) is 0. The summed E-state index contributed by atoms with van der Waals surface area (Å²) in [6, 6.07) is 0. The van der Waals surface area contributed by atoms with E-state index in [0.29, 0.717) is 0 Å². The highest BCUT2D eigenvalue weighted by molar-refractivity contribution is 4.56. The van der Waals surface area contributed by atoms with Gasteiger partial charge in [0.15, 0.2) is 0 Å². The first-order valence-electron chi connectivity index (χ1n) is 21.7. The molecule has 0 atom stereocenters. The van der Waals surface area contributed by atoms with Gasteiger partial charge in [0.2, 0.25) is 6.19 Å². The van der Waals surface area contributed by atoms with Crippen LogP contribution in [-0.2, 0) is 0 Å². The molecule has 0 bridgehead atoms. The fourth-order valence-electron chi connectivity index (χ4n) is 1.89. The summed E-state index contributed by atoms with van der Waals surface area (Å²) in [5, 5.41) is 325. The lowest BCUT2D eigenvalue weighted by Crippen LogP contribution is -1.70. The van der Waals surface area contributed by atoms with Crippen molar-refractivity contribution in [2.24, 2.45) is 559 Å². The molecule has 0 amide bonds. The van der Waals surface area contributed by atoms with E-state index in [4.69, 9.17) is 5.26 Å². The molecule has 0 radical (unpaired) electrons. The van der Waals surface area contributed by atoms with Crippen LogP contribution in [0.5, 0.6) is 0 Å². The Kier molecular flexibility index (Phi) is 68.8. The van der Waals surface area contributed by atoms with Crippen LogP contribution in [0.2, 0.25) is 0 Å². The van der Waals surface area contributed by atoms with E-state index < -0.39 is 0 Å². The van der Waals surface area contributed by atoms with Crippen molar-refractivity contribution in [1.82, 2.24) is 0 Å². The minimum absolute atomic E-state index is 1.31. The number of rotatable bonds is 52. The number of hydrogen-bond acceptors (Lipinski definition) is 3. The number of nitriles is 1. The molecule has 0 saturated carbocycles. The number of nitrogens with zero attached hydrogens (tertiary/aromatic N) is 107. The highest BCUT2D eigenvalue weighted by atomic mass is 15.8. The summed E-state index contributed by atoms with van der Waals surface area (Å²) in [5.74, 6) is 4.64. The molecule has 0 unspecified atom stereocenters. The van der Waals surface area contributed by atoms with Gasteiger partial charge in [0.25, 0.3) is 0 Å². The van der Waals surface area contributed by atoms with E-state index in [-0.39, 0.29) is 0 Å². The van der Waals surface area contributed by atoms with Crippen molar-refractivity contribution in [3.05, 3.63) is 0 Å². The summed E-state index contributed by atoms with van der Waals surface area (Å²) in [4.78, 5) is 0. The van der Waals surface area contributed by atoms with E-state index in [1.54, 1.807) is 0 Å². The molecule has 109 heavy (non-hydrogen) atoms. The molecule has 0 aliphatic rings. The van der Waals surface area contributed by atoms with Crippen LogP contribution in [0.3, 0.4) is 0 Å². The van der Waals surface area contributed by atoms with Crippen molar-refractivity contribution in [1.29, 1.82) is 5.26 Å². The van der Waals surface area contributed by atoms with Crippen LogP contribution in [0.1, 0.15) is 0 Å². The zero-order valence-corrected chi connectivity index (χ0v) is 48.9. The zero-order chi connectivity index (χ0) is 77.7. The summed E-state index contributed by atoms with van der Waals surface area (Å²) in [6.45, 7) is 0. The van der Waals surface area contributed by atoms with Crippen molar-refractivity contribution >= 4 is 0 Å². The highest BCUT2D eigenvalue weighted by Gasteiger charge is 1.81. The minimum atomic E-state index is 1.31. The van der Waals surface area contributed by atoms with Gasteiger partial charge < -0.3 is 5.84 Å². The monoisotopic (exact) mass is 1530 g/mol. The largest absolute Gasteiger partial charge is 0.303 e. The van der Waals surface area contributed by atoms with Crippen molar-refractivity contribution in [2.75, 3.05) is 0 Å². The first-order chi connectivity index (χ1) is 54.4. The van der Waals surface area contributed by atoms with Crippen molar-refractivity contribution in [3.8, 4) is 6.19 Å². The molecule has 0 fully saturated rings. The normalized spacial score (nSPS) is 15.6. The summed E-state index contributed by atoms with van der Waals surface area (Å²) >= 11 is 0. The molecule has 0 saturated heterocycles. The quantitative estimate of drug-likeness (QED) is 0.0269. The van der Waals surface area contributed by atoms with Gasteiger partial charge in [0, 0.05) is 465 Å². The molecular formula is CH2N108. The minimum Gasteiger partial charge on any atom is -0.303 e. The predicted molar refractivity (Wildman–Crippen MR) is 267 cm³/mol. The lowest BCUT2D eigenvalue weighted by Gasteiger charge is -1.71. The Bertz CT molecular complexity index is 4120. The highest BCUT2D eigenvalue weighted by Crippen LogP contribution is 1.99. The van der Waals surface area contributed by atoms with Crippen LogP contribution in [-0.4, -0.2) is 0 Å². The van der Waals surface area contributed by atoms with Gasteiger partial charge in [-0.05, 0) is 83.5 Å². The molecule has 0 heterocycles. The zero-order valence-electron chi connectivity index (χ0n) is 48.9. The Labute approximate surface area is 571 Å². The summed E-state index contributed by atoms with van der Waals surface area (Å²) < 4.78 is 0. The van der Waals surface area contributed by atoms with E-state index in [2.05, 4.69) is 559 Å². The van der Waals surface area contributed by atoms with Gasteiger partial charge in [-0.25, -0.2) is 0 Å². The maximum atomic E-state index is 8.03. The molecule has 0 aromatic carbocycles. The van der Waals surface area contributed by atoms with Gasteiger partial charge in [0.1, 0.15) is 0 Å². The second-order valence-electron chi connectivity index (χ2n) is 9.62. The third-order valence-electron chi connectivity index (χ3n) is 4.26. The Balaban J connectivity index is 4.13. The number of nitrogens with two attached hydrogens (primary N) is 1. The van der Waals surface area contributed by atoms with E-state index in [0.717, 1.165) is 0 Å². The molecule has 0 aromatic heterocycles. The van der Waals surface area contributed by atoms with E-state index in [1.165, 1.54) is 6.19 Å². The molecular weight excluding hydrogens is 1520 g/mol. The third-order valence-corrected chi connectivity index (χ3v) is 4.26. The summed E-state index contributed by atoms with van der Waals surface area (Å²) in [6.07, 6.45) is 1.31. The molecule has 108 nitrogen and oxygen atoms in total. The lowest BCUT2D eigenvalue weighted by atomic mass is 11.5. The van der Waals surface area contributed by atoms with Crippen molar-refractivity contribution in [3.63, 3.8) is 0 Å². The molecule has 0 aromatic rings. The average Bonchev–Trinajstić information content (AvgIpc) is 3.88. The second kappa shape index (κ2) is 86.1. The molecule has 0 aliphatic heterocycles. The van der Waals surface area contributed by atoms with Gasteiger partial charge in [0.05, 0.1) is 0 Å². The fourth-order valence-corrected chi connectivity index (χ4v) is 1.89. The maximum Gasteiger partial charge on any atom is 0.227 e. The Morgan fingerprint density at radius 2 is 0.147 bits per heavy atom. The van der Waals surface area contributed by atoms with Crippen LogP contribution < -0.4 is 5.84 Å². The summed E-state index contributed by atoms with van der Waals surface area (Å²) in [7, 11) is 0. The lowest BCUT2D eigenvalue weighted by molar-refractivity contribution is 0.723. The standard InChI is InChI=1S/CH2N108/c2-1-4-6-8-10-12-14-16-18-20-22-24-26-28-30-32-34-36-38-40-42-44-46-48-50-52-54-56-58-60-62-64-66-68-70-72-74-76-78-80-82-84-86-88-90-92-94-96-98-100-102-104-106-108-109-107-105-103-101-99-97-95-93-91-89-87-85-83-81-79-77-75-73-71-69-67-65-63-61-59-57-55-53-51-49-47-45-43-41-39-37-35-33-31-29-27-25-23-21-19-17-15-13-11-9-7-5-3/h(H2,3,4,7,8,11,12,15,16,19,20,23,24,27,28,31,32,35,36,39,40,43,44,47,48,51,52,55,56,59,60,63,64,67,68,71,72,75,76,79,80,83,84,87,88,91,92,95,96,99,100,103,104,107,108).